The van der Waals surface area contributed by atoms with Crippen LogP contribution in [0, 0.1) is 0 Å². The van der Waals surface area contributed by atoms with Gasteiger partial charge in [-0.05, 0) is 89.0 Å². The van der Waals surface area contributed by atoms with Crippen molar-refractivity contribution in [3.05, 3.63) is 237 Å². The summed E-state index contributed by atoms with van der Waals surface area (Å²) >= 11 is 0. The molecule has 0 bridgehead atoms. The van der Waals surface area contributed by atoms with E-state index < -0.39 is 0 Å². The Kier molecular flexibility index (Phi) is 9.10. The third-order valence-electron chi connectivity index (χ3n) is 11.3. The number of anilines is 3. The van der Waals surface area contributed by atoms with E-state index in [1.807, 2.05) is 24.3 Å². The lowest BCUT2D eigenvalue weighted by atomic mass is 9.97. The summed E-state index contributed by atoms with van der Waals surface area (Å²) in [5, 5.41) is 0. The van der Waals surface area contributed by atoms with Gasteiger partial charge in [-0.25, -0.2) is 9.97 Å². The minimum Gasteiger partial charge on any atom is -0.310 e. The van der Waals surface area contributed by atoms with E-state index in [9.17, 15) is 0 Å². The second-order valence-electron chi connectivity index (χ2n) is 15.1. The number of rotatable bonds is 9. The van der Waals surface area contributed by atoms with E-state index >= 15 is 0 Å². The van der Waals surface area contributed by atoms with Crippen LogP contribution >= 0.6 is 0 Å². The number of imidazole rings is 2. The highest BCUT2D eigenvalue weighted by molar-refractivity contribution is 5.89. The van der Waals surface area contributed by atoms with Gasteiger partial charge in [0.15, 0.2) is 0 Å². The predicted octanol–water partition coefficient (Wildman–Crippen LogP) is 14.5. The molecule has 0 aliphatic rings. The molecule has 7 aromatic carbocycles. The normalized spacial score (nSPS) is 11.3. The van der Waals surface area contributed by atoms with Gasteiger partial charge < -0.3 is 4.90 Å². The number of pyridine rings is 2. The first-order valence-electron chi connectivity index (χ1n) is 20.6. The van der Waals surface area contributed by atoms with E-state index in [1.54, 1.807) is 0 Å². The molecule has 0 unspecified atom stereocenters. The smallest absolute Gasteiger partial charge is 0.137 e. The third-order valence-corrected chi connectivity index (χ3v) is 11.3. The van der Waals surface area contributed by atoms with Crippen LogP contribution in [0.15, 0.2) is 237 Å². The number of hydrogen-bond donors (Lipinski definition) is 0. The molecule has 0 fully saturated rings. The van der Waals surface area contributed by atoms with Crippen LogP contribution in [0.2, 0.25) is 0 Å². The molecule has 4 aromatic heterocycles. The second-order valence-corrected chi connectivity index (χ2v) is 15.1. The topological polar surface area (TPSA) is 37.8 Å². The summed E-state index contributed by atoms with van der Waals surface area (Å²) in [7, 11) is 0. The van der Waals surface area contributed by atoms with Crippen LogP contribution in [0.5, 0.6) is 0 Å². The highest BCUT2D eigenvalue weighted by Gasteiger charge is 2.21. The maximum atomic E-state index is 5.11. The van der Waals surface area contributed by atoms with Crippen LogP contribution in [0.3, 0.4) is 0 Å². The standard InChI is InChI=1S/C56H39N5/c1-5-17-40(18-6-1)46-37-47(41-19-7-2-8-20-41)39-50(38-46)61(48-31-27-44(28-32-48)55-53(42-21-9-3-10-22-42)57-51-25-13-15-35-59(51)55)49-33-29-45(30-34-49)56-54(43-23-11-4-12-24-43)58-52-26-14-16-36-60(52)56/h1-39H. The summed E-state index contributed by atoms with van der Waals surface area (Å²) in [6, 6.07) is 79.2. The molecule has 11 aromatic rings. The Labute approximate surface area is 354 Å². The number of nitrogens with zero attached hydrogens (tertiary/aromatic N) is 5. The van der Waals surface area contributed by atoms with E-state index in [0.29, 0.717) is 0 Å². The summed E-state index contributed by atoms with van der Waals surface area (Å²) < 4.78 is 4.38. The first-order valence-corrected chi connectivity index (χ1v) is 20.6. The zero-order chi connectivity index (χ0) is 40.5. The van der Waals surface area contributed by atoms with E-state index in [0.717, 1.165) is 95.6 Å². The lowest BCUT2D eigenvalue weighted by Crippen LogP contribution is -2.10. The van der Waals surface area contributed by atoms with Gasteiger partial charge in [-0.15, -0.1) is 0 Å². The van der Waals surface area contributed by atoms with Crippen molar-refractivity contribution < 1.29 is 0 Å². The summed E-state index contributed by atoms with van der Waals surface area (Å²) in [5.74, 6) is 0. The summed E-state index contributed by atoms with van der Waals surface area (Å²) in [6.45, 7) is 0. The van der Waals surface area contributed by atoms with Crippen LogP contribution in [0.4, 0.5) is 17.1 Å². The van der Waals surface area contributed by atoms with Crippen molar-refractivity contribution in [1.29, 1.82) is 0 Å². The van der Waals surface area contributed by atoms with Crippen molar-refractivity contribution in [2.24, 2.45) is 0 Å². The highest BCUT2D eigenvalue weighted by atomic mass is 15.1. The first kappa shape index (κ1) is 35.8. The quantitative estimate of drug-likeness (QED) is 0.146. The largest absolute Gasteiger partial charge is 0.310 e. The molecule has 0 N–H and O–H groups in total. The Bertz CT molecular complexity index is 3040. The predicted molar refractivity (Wildman–Crippen MR) is 251 cm³/mol. The SMILES string of the molecule is c1ccc(-c2cc(-c3ccccc3)cc(N(c3ccc(-c4c(-c5ccccc5)nc5ccccn45)cc3)c3ccc(-c4c(-c5ccccc5)nc5ccccn45)cc3)c2)cc1. The first-order chi connectivity index (χ1) is 30.2. The number of fused-ring (bicyclic) bond motifs is 2. The Morgan fingerprint density at radius 2 is 0.639 bits per heavy atom. The molecule has 5 heteroatoms. The average molecular weight is 782 g/mol. The van der Waals surface area contributed by atoms with Crippen LogP contribution in [0.1, 0.15) is 0 Å². The molecular formula is C56H39N5. The minimum atomic E-state index is 0.912. The van der Waals surface area contributed by atoms with Crippen molar-refractivity contribution in [1.82, 2.24) is 18.8 Å². The summed E-state index contributed by atoms with van der Waals surface area (Å²) in [4.78, 5) is 12.6. The zero-order valence-electron chi connectivity index (χ0n) is 33.3. The van der Waals surface area contributed by atoms with Crippen LogP contribution in [-0.4, -0.2) is 18.8 Å². The van der Waals surface area contributed by atoms with Gasteiger partial charge in [0.05, 0.1) is 22.8 Å². The van der Waals surface area contributed by atoms with Crippen molar-refractivity contribution in [2.45, 2.75) is 0 Å². The Morgan fingerprint density at radius 3 is 1.03 bits per heavy atom. The molecule has 61 heavy (non-hydrogen) atoms. The molecular weight excluding hydrogens is 743 g/mol. The molecule has 4 heterocycles. The lowest BCUT2D eigenvalue weighted by Gasteiger charge is -2.27. The number of hydrogen-bond acceptors (Lipinski definition) is 3. The van der Waals surface area contributed by atoms with Crippen LogP contribution < -0.4 is 4.90 Å². The second kappa shape index (κ2) is 15.5. The van der Waals surface area contributed by atoms with Gasteiger partial charge in [0.2, 0.25) is 0 Å². The number of aromatic nitrogens is 4. The van der Waals surface area contributed by atoms with Crippen molar-refractivity contribution in [3.63, 3.8) is 0 Å². The number of benzene rings is 7. The molecule has 0 aliphatic carbocycles. The molecule has 0 radical (unpaired) electrons. The maximum absolute atomic E-state index is 5.11. The van der Waals surface area contributed by atoms with Crippen molar-refractivity contribution >= 4 is 28.4 Å². The minimum absolute atomic E-state index is 0.912. The van der Waals surface area contributed by atoms with Crippen LogP contribution in [0.25, 0.3) is 78.6 Å². The van der Waals surface area contributed by atoms with Gasteiger partial charge in [0.25, 0.3) is 0 Å². The lowest BCUT2D eigenvalue weighted by molar-refractivity contribution is 1.19. The van der Waals surface area contributed by atoms with E-state index in [1.165, 1.54) is 0 Å². The van der Waals surface area contributed by atoms with Crippen molar-refractivity contribution in [2.75, 3.05) is 4.90 Å². The summed E-state index contributed by atoms with van der Waals surface area (Å²) in [6.07, 6.45) is 4.19. The highest BCUT2D eigenvalue weighted by Crippen LogP contribution is 2.42. The monoisotopic (exact) mass is 781 g/mol. The Balaban J connectivity index is 1.08. The maximum Gasteiger partial charge on any atom is 0.137 e. The van der Waals surface area contributed by atoms with Gasteiger partial charge in [-0.3, -0.25) is 8.80 Å². The fraction of sp³-hybridized carbons (Fsp3) is 0. The molecule has 0 spiro atoms. The van der Waals surface area contributed by atoms with Gasteiger partial charge in [-0.1, -0.05) is 158 Å². The van der Waals surface area contributed by atoms with Gasteiger partial charge in [-0.2, -0.15) is 0 Å². The van der Waals surface area contributed by atoms with Gasteiger partial charge in [0, 0.05) is 51.7 Å². The zero-order valence-corrected chi connectivity index (χ0v) is 33.3. The Morgan fingerprint density at radius 1 is 0.279 bits per heavy atom. The molecule has 0 aliphatic heterocycles. The third kappa shape index (κ3) is 6.74. The molecule has 288 valence electrons. The van der Waals surface area contributed by atoms with E-state index in [4.69, 9.17) is 9.97 Å². The van der Waals surface area contributed by atoms with Gasteiger partial charge >= 0.3 is 0 Å². The van der Waals surface area contributed by atoms with Crippen molar-refractivity contribution in [3.8, 4) is 67.3 Å². The van der Waals surface area contributed by atoms with E-state index in [2.05, 4.69) is 226 Å². The molecule has 0 saturated heterocycles. The fourth-order valence-corrected chi connectivity index (χ4v) is 8.46. The van der Waals surface area contributed by atoms with Gasteiger partial charge in [0.1, 0.15) is 11.3 Å². The average Bonchev–Trinajstić information content (AvgIpc) is 3.93. The fourth-order valence-electron chi connectivity index (χ4n) is 8.46. The molecule has 5 nitrogen and oxygen atoms in total. The molecule has 0 amide bonds. The van der Waals surface area contributed by atoms with E-state index in [-0.39, 0.29) is 0 Å². The molecule has 0 atom stereocenters. The Hall–Kier alpha value is -8.28. The summed E-state index contributed by atoms with van der Waals surface area (Å²) in [5.41, 5.74) is 17.9. The van der Waals surface area contributed by atoms with Crippen LogP contribution in [-0.2, 0) is 0 Å². The molecule has 11 rings (SSSR count). The molecule has 0 saturated carbocycles.